The average Bonchev–Trinajstić information content (AvgIpc) is 2.72. The zero-order chi connectivity index (χ0) is 13.3. The van der Waals surface area contributed by atoms with Crippen LogP contribution in [0.4, 0.5) is 4.39 Å². The zero-order valence-electron chi connectivity index (χ0n) is 10.0. The minimum absolute atomic E-state index is 0.141. The summed E-state index contributed by atoms with van der Waals surface area (Å²) in [6.45, 7) is 3.55. The number of aryl methyl sites for hydroxylation is 1. The van der Waals surface area contributed by atoms with Gasteiger partial charge in [0.15, 0.2) is 5.69 Å². The molecule has 6 heteroatoms. The first kappa shape index (κ1) is 12.2. The third-order valence-corrected chi connectivity index (χ3v) is 2.63. The Bertz CT molecular complexity index is 607. The van der Waals surface area contributed by atoms with Crippen LogP contribution >= 0.6 is 0 Å². The highest BCUT2D eigenvalue weighted by molar-refractivity contribution is 5.86. The van der Waals surface area contributed by atoms with Gasteiger partial charge < -0.3 is 5.11 Å². The molecule has 0 saturated heterocycles. The van der Waals surface area contributed by atoms with E-state index in [2.05, 4.69) is 10.3 Å². The Morgan fingerprint density at radius 2 is 2.22 bits per heavy atom. The van der Waals surface area contributed by atoms with E-state index in [-0.39, 0.29) is 11.4 Å². The number of hydrogen-bond acceptors (Lipinski definition) is 3. The van der Waals surface area contributed by atoms with Gasteiger partial charge in [-0.1, -0.05) is 18.2 Å². The summed E-state index contributed by atoms with van der Waals surface area (Å²) < 4.78 is 15.1. The van der Waals surface area contributed by atoms with Crippen molar-refractivity contribution in [2.24, 2.45) is 0 Å². The van der Waals surface area contributed by atoms with E-state index >= 15 is 0 Å². The van der Waals surface area contributed by atoms with Crippen LogP contribution in [0.3, 0.4) is 0 Å². The van der Waals surface area contributed by atoms with Crippen LogP contribution in [-0.2, 0) is 6.42 Å². The van der Waals surface area contributed by atoms with Crippen LogP contribution in [-0.4, -0.2) is 26.1 Å². The van der Waals surface area contributed by atoms with Gasteiger partial charge in [0.2, 0.25) is 0 Å². The average molecular weight is 249 g/mol. The van der Waals surface area contributed by atoms with Crippen LogP contribution in [0.2, 0.25) is 0 Å². The van der Waals surface area contributed by atoms with Crippen molar-refractivity contribution in [2.45, 2.75) is 20.3 Å². The third kappa shape index (κ3) is 1.97. The van der Waals surface area contributed by atoms with E-state index < -0.39 is 11.8 Å². The summed E-state index contributed by atoms with van der Waals surface area (Å²) in [6.07, 6.45) is 0.405. The quantitative estimate of drug-likeness (QED) is 0.903. The molecule has 2 aromatic rings. The first-order valence-corrected chi connectivity index (χ1v) is 5.49. The predicted molar refractivity (Wildman–Crippen MR) is 62.4 cm³/mol. The molecule has 2 rings (SSSR count). The summed E-state index contributed by atoms with van der Waals surface area (Å²) in [5.41, 5.74) is 1.23. The second-order valence-corrected chi connectivity index (χ2v) is 3.91. The van der Waals surface area contributed by atoms with Crippen molar-refractivity contribution in [3.63, 3.8) is 0 Å². The van der Waals surface area contributed by atoms with Gasteiger partial charge in [-0.25, -0.2) is 13.9 Å². The Balaban J connectivity index is 2.60. The van der Waals surface area contributed by atoms with Crippen molar-refractivity contribution in [1.29, 1.82) is 0 Å². The number of benzene rings is 1. The predicted octanol–water partition coefficient (Wildman–Crippen LogP) is 1.98. The molecule has 1 aromatic carbocycles. The minimum Gasteiger partial charge on any atom is -0.476 e. The van der Waals surface area contributed by atoms with Crippen molar-refractivity contribution in [2.75, 3.05) is 0 Å². The summed E-state index contributed by atoms with van der Waals surface area (Å²) in [6, 6.07) is 4.67. The number of carboxylic acid groups (broad SMARTS) is 1. The summed E-state index contributed by atoms with van der Waals surface area (Å²) in [5.74, 6) is -1.61. The first-order valence-electron chi connectivity index (χ1n) is 5.49. The van der Waals surface area contributed by atoms with E-state index in [1.165, 1.54) is 10.7 Å². The Kier molecular flexibility index (Phi) is 3.10. The molecule has 0 saturated carbocycles. The number of nitrogens with zero attached hydrogens (tertiary/aromatic N) is 3. The number of aromatic nitrogens is 3. The Morgan fingerprint density at radius 1 is 1.50 bits per heavy atom. The fraction of sp³-hybridized carbons (Fsp3) is 0.250. The molecule has 0 bridgehead atoms. The largest absolute Gasteiger partial charge is 0.476 e. The van der Waals surface area contributed by atoms with Crippen molar-refractivity contribution in [3.8, 4) is 5.69 Å². The third-order valence-electron chi connectivity index (χ3n) is 2.63. The van der Waals surface area contributed by atoms with Crippen molar-refractivity contribution in [3.05, 3.63) is 41.0 Å². The molecule has 0 unspecified atom stereocenters. The van der Waals surface area contributed by atoms with Gasteiger partial charge in [0.25, 0.3) is 0 Å². The van der Waals surface area contributed by atoms with Crippen LogP contribution < -0.4 is 0 Å². The van der Waals surface area contributed by atoms with Gasteiger partial charge in [-0.2, -0.15) is 0 Å². The lowest BCUT2D eigenvalue weighted by Gasteiger charge is -2.06. The molecular weight excluding hydrogens is 237 g/mol. The van der Waals surface area contributed by atoms with Gasteiger partial charge in [-0.05, 0) is 31.0 Å². The maximum atomic E-state index is 13.8. The zero-order valence-corrected chi connectivity index (χ0v) is 10.0. The fourth-order valence-corrected chi connectivity index (χ4v) is 1.76. The van der Waals surface area contributed by atoms with Crippen molar-refractivity contribution < 1.29 is 14.3 Å². The maximum absolute atomic E-state index is 13.8. The highest BCUT2D eigenvalue weighted by Gasteiger charge is 2.19. The molecule has 0 radical (unpaired) electrons. The van der Waals surface area contributed by atoms with Gasteiger partial charge in [0.05, 0.1) is 5.69 Å². The van der Waals surface area contributed by atoms with Crippen LogP contribution in [0.1, 0.15) is 28.7 Å². The molecule has 0 aliphatic rings. The smallest absolute Gasteiger partial charge is 0.358 e. The molecule has 1 N–H and O–H groups in total. The number of hydrogen-bond donors (Lipinski definition) is 1. The van der Waals surface area contributed by atoms with E-state index in [1.54, 1.807) is 26.0 Å². The number of carbonyl (C=O) groups is 1. The van der Waals surface area contributed by atoms with Gasteiger partial charge in [-0.15, -0.1) is 5.10 Å². The lowest BCUT2D eigenvalue weighted by Crippen LogP contribution is -2.07. The fourth-order valence-electron chi connectivity index (χ4n) is 1.76. The van der Waals surface area contributed by atoms with E-state index in [9.17, 15) is 9.18 Å². The molecule has 0 fully saturated rings. The number of carboxylic acids is 1. The van der Waals surface area contributed by atoms with E-state index in [4.69, 9.17) is 5.11 Å². The molecule has 18 heavy (non-hydrogen) atoms. The molecule has 1 heterocycles. The molecule has 0 atom stereocenters. The lowest BCUT2D eigenvalue weighted by atomic mass is 10.2. The Hall–Kier alpha value is -2.24. The summed E-state index contributed by atoms with van der Waals surface area (Å²) in [7, 11) is 0. The van der Waals surface area contributed by atoms with Crippen LogP contribution in [0.5, 0.6) is 0 Å². The standard InChI is InChI=1S/C12H12FN3O2/c1-3-9-11(12(17)18)14-15-16(9)10-5-4-7(2)6-8(10)13/h4-6H,3H2,1-2H3,(H,17,18). The first-order chi connectivity index (χ1) is 8.54. The van der Waals surface area contributed by atoms with Crippen molar-refractivity contribution in [1.82, 2.24) is 15.0 Å². The maximum Gasteiger partial charge on any atom is 0.358 e. The molecule has 0 amide bonds. The lowest BCUT2D eigenvalue weighted by molar-refractivity contribution is 0.0689. The van der Waals surface area contributed by atoms with Gasteiger partial charge in [0, 0.05) is 0 Å². The molecule has 5 nitrogen and oxygen atoms in total. The Morgan fingerprint density at radius 3 is 2.78 bits per heavy atom. The highest BCUT2D eigenvalue weighted by Crippen LogP contribution is 2.18. The van der Waals surface area contributed by atoms with Crippen LogP contribution in [0.15, 0.2) is 18.2 Å². The normalized spacial score (nSPS) is 10.6. The van der Waals surface area contributed by atoms with E-state index in [0.717, 1.165) is 5.56 Å². The molecule has 1 aromatic heterocycles. The molecular formula is C12H12FN3O2. The van der Waals surface area contributed by atoms with E-state index in [1.807, 2.05) is 0 Å². The van der Waals surface area contributed by atoms with Gasteiger partial charge >= 0.3 is 5.97 Å². The summed E-state index contributed by atoms with van der Waals surface area (Å²) in [5, 5.41) is 16.2. The topological polar surface area (TPSA) is 68.0 Å². The van der Waals surface area contributed by atoms with Crippen molar-refractivity contribution >= 4 is 5.97 Å². The van der Waals surface area contributed by atoms with Gasteiger partial charge in [-0.3, -0.25) is 0 Å². The summed E-state index contributed by atoms with van der Waals surface area (Å²) in [4.78, 5) is 11.0. The Labute approximate surface area is 103 Å². The van der Waals surface area contributed by atoms with Crippen LogP contribution in [0.25, 0.3) is 5.69 Å². The minimum atomic E-state index is -1.16. The van der Waals surface area contributed by atoms with Gasteiger partial charge in [0.1, 0.15) is 11.5 Å². The SMILES string of the molecule is CCc1c(C(=O)O)nnn1-c1ccc(C)cc1F. The van der Waals surface area contributed by atoms with E-state index in [0.29, 0.717) is 12.1 Å². The second-order valence-electron chi connectivity index (χ2n) is 3.91. The summed E-state index contributed by atoms with van der Waals surface area (Å²) >= 11 is 0. The number of rotatable bonds is 3. The second kappa shape index (κ2) is 4.56. The monoisotopic (exact) mass is 249 g/mol. The molecule has 0 aliphatic carbocycles. The highest BCUT2D eigenvalue weighted by atomic mass is 19.1. The number of aromatic carboxylic acids is 1. The number of halogens is 1. The molecule has 94 valence electrons. The molecule has 0 spiro atoms. The molecule has 0 aliphatic heterocycles. The van der Waals surface area contributed by atoms with Crippen LogP contribution in [0, 0.1) is 12.7 Å².